The summed E-state index contributed by atoms with van der Waals surface area (Å²) in [6.07, 6.45) is 9.90. The Hall–Kier alpha value is -0.770. The molecule has 1 saturated heterocycles. The summed E-state index contributed by atoms with van der Waals surface area (Å²) in [7, 11) is 0. The van der Waals surface area contributed by atoms with E-state index in [0.717, 1.165) is 32.0 Å². The number of aliphatic hydroxyl groups is 1. The van der Waals surface area contributed by atoms with Crippen molar-refractivity contribution in [1.82, 2.24) is 4.90 Å². The zero-order chi connectivity index (χ0) is 13.5. The summed E-state index contributed by atoms with van der Waals surface area (Å²) in [6.45, 7) is 3.32. The van der Waals surface area contributed by atoms with Crippen molar-refractivity contribution in [1.29, 1.82) is 0 Å². The minimum absolute atomic E-state index is 0.335. The molecule has 0 aromatic carbocycles. The number of aliphatic hydroxyl groups excluding tert-OH is 1. The standard InChI is InChI=1S/C15H29N3O/c16-15(18-8-3-1-2-4-9-18)17-11-13-6-5-7-14(10-13)12-19/h13-14,19H,1-12H2,(H2,16,17)/t13-,14+/m0/s1. The van der Waals surface area contributed by atoms with Gasteiger partial charge in [0.15, 0.2) is 5.96 Å². The van der Waals surface area contributed by atoms with Gasteiger partial charge in [-0.15, -0.1) is 0 Å². The first-order chi connectivity index (χ1) is 9.29. The largest absolute Gasteiger partial charge is 0.396 e. The maximum absolute atomic E-state index is 9.25. The Morgan fingerprint density at radius 2 is 1.74 bits per heavy atom. The van der Waals surface area contributed by atoms with Crippen LogP contribution in [0.5, 0.6) is 0 Å². The molecule has 0 aromatic heterocycles. The van der Waals surface area contributed by atoms with Crippen LogP contribution < -0.4 is 5.73 Å². The molecule has 4 nitrogen and oxygen atoms in total. The first kappa shape index (κ1) is 14.6. The monoisotopic (exact) mass is 267 g/mol. The first-order valence-corrected chi connectivity index (χ1v) is 7.95. The van der Waals surface area contributed by atoms with Crippen molar-refractivity contribution in [2.45, 2.75) is 51.4 Å². The van der Waals surface area contributed by atoms with Gasteiger partial charge in [-0.1, -0.05) is 19.3 Å². The van der Waals surface area contributed by atoms with Crippen molar-refractivity contribution in [3.8, 4) is 0 Å². The highest BCUT2D eigenvalue weighted by atomic mass is 16.3. The molecule has 0 aromatic rings. The van der Waals surface area contributed by atoms with Gasteiger partial charge in [-0.2, -0.15) is 0 Å². The van der Waals surface area contributed by atoms with E-state index in [9.17, 15) is 5.11 Å². The van der Waals surface area contributed by atoms with E-state index in [4.69, 9.17) is 5.73 Å². The number of hydrogen-bond acceptors (Lipinski definition) is 2. The Morgan fingerprint density at radius 3 is 2.42 bits per heavy atom. The molecule has 0 unspecified atom stereocenters. The summed E-state index contributed by atoms with van der Waals surface area (Å²) >= 11 is 0. The number of guanidine groups is 1. The topological polar surface area (TPSA) is 61.9 Å². The van der Waals surface area contributed by atoms with Gasteiger partial charge in [-0.25, -0.2) is 0 Å². The van der Waals surface area contributed by atoms with Crippen molar-refractivity contribution in [2.75, 3.05) is 26.2 Å². The second-order valence-corrected chi connectivity index (χ2v) is 6.18. The smallest absolute Gasteiger partial charge is 0.191 e. The average molecular weight is 267 g/mol. The second-order valence-electron chi connectivity index (χ2n) is 6.18. The summed E-state index contributed by atoms with van der Waals surface area (Å²) in [4.78, 5) is 6.87. The normalized spacial score (nSPS) is 30.2. The number of likely N-dealkylation sites (tertiary alicyclic amines) is 1. The van der Waals surface area contributed by atoms with Crippen LogP contribution >= 0.6 is 0 Å². The number of hydrogen-bond donors (Lipinski definition) is 2. The van der Waals surface area contributed by atoms with Crippen molar-refractivity contribution >= 4 is 5.96 Å². The lowest BCUT2D eigenvalue weighted by Gasteiger charge is -2.27. The van der Waals surface area contributed by atoms with Gasteiger partial charge in [-0.05, 0) is 43.9 Å². The summed E-state index contributed by atoms with van der Waals surface area (Å²) in [5.41, 5.74) is 6.13. The van der Waals surface area contributed by atoms with E-state index in [2.05, 4.69) is 9.89 Å². The van der Waals surface area contributed by atoms with Crippen molar-refractivity contribution in [2.24, 2.45) is 22.6 Å². The molecule has 1 saturated carbocycles. The van der Waals surface area contributed by atoms with Gasteiger partial charge in [0.2, 0.25) is 0 Å². The molecule has 1 heterocycles. The fourth-order valence-electron chi connectivity index (χ4n) is 3.36. The Balaban J connectivity index is 1.79. The Morgan fingerprint density at radius 1 is 1.05 bits per heavy atom. The Labute approximate surface area is 117 Å². The van der Waals surface area contributed by atoms with E-state index in [1.807, 2.05) is 0 Å². The predicted molar refractivity (Wildman–Crippen MR) is 79.1 cm³/mol. The lowest BCUT2D eigenvalue weighted by molar-refractivity contribution is 0.163. The molecule has 1 aliphatic heterocycles. The maximum Gasteiger partial charge on any atom is 0.191 e. The number of nitrogens with two attached hydrogens (primary N) is 1. The average Bonchev–Trinajstić information content (AvgIpc) is 2.74. The van der Waals surface area contributed by atoms with Crippen LogP contribution in [0.3, 0.4) is 0 Å². The van der Waals surface area contributed by atoms with Crippen LogP contribution in [0.1, 0.15) is 51.4 Å². The molecule has 2 fully saturated rings. The molecule has 0 bridgehead atoms. The highest BCUT2D eigenvalue weighted by molar-refractivity contribution is 5.78. The minimum Gasteiger partial charge on any atom is -0.396 e. The molecule has 4 heteroatoms. The molecule has 0 spiro atoms. The summed E-state index contributed by atoms with van der Waals surface area (Å²) < 4.78 is 0. The fourth-order valence-corrected chi connectivity index (χ4v) is 3.36. The van der Waals surface area contributed by atoms with Crippen LogP contribution in [0.4, 0.5) is 0 Å². The van der Waals surface area contributed by atoms with E-state index in [1.165, 1.54) is 44.9 Å². The summed E-state index contributed by atoms with van der Waals surface area (Å²) in [5, 5.41) is 9.25. The Kier molecular flexibility index (Phi) is 5.95. The third-order valence-electron chi connectivity index (χ3n) is 4.59. The van der Waals surface area contributed by atoms with Crippen LogP contribution in [-0.4, -0.2) is 42.2 Å². The van der Waals surface area contributed by atoms with Gasteiger partial charge in [0.25, 0.3) is 0 Å². The molecular formula is C15H29N3O. The highest BCUT2D eigenvalue weighted by Crippen LogP contribution is 2.28. The highest BCUT2D eigenvalue weighted by Gasteiger charge is 2.21. The molecule has 0 amide bonds. The number of nitrogens with zero attached hydrogens (tertiary/aromatic N) is 2. The molecule has 2 atom stereocenters. The fraction of sp³-hybridized carbons (Fsp3) is 0.933. The van der Waals surface area contributed by atoms with Crippen molar-refractivity contribution in [3.05, 3.63) is 0 Å². The quantitative estimate of drug-likeness (QED) is 0.607. The zero-order valence-electron chi connectivity index (χ0n) is 12.1. The minimum atomic E-state index is 0.335. The third-order valence-corrected chi connectivity index (χ3v) is 4.59. The van der Waals surface area contributed by atoms with E-state index < -0.39 is 0 Å². The van der Waals surface area contributed by atoms with Crippen LogP contribution in [0.25, 0.3) is 0 Å². The van der Waals surface area contributed by atoms with E-state index in [-0.39, 0.29) is 0 Å². The van der Waals surface area contributed by atoms with E-state index in [0.29, 0.717) is 18.4 Å². The van der Waals surface area contributed by atoms with Crippen LogP contribution in [0.15, 0.2) is 4.99 Å². The van der Waals surface area contributed by atoms with E-state index in [1.54, 1.807) is 0 Å². The molecule has 2 rings (SSSR count). The third kappa shape index (κ3) is 4.68. The van der Waals surface area contributed by atoms with E-state index >= 15 is 0 Å². The molecule has 3 N–H and O–H groups in total. The van der Waals surface area contributed by atoms with Gasteiger partial charge in [0.1, 0.15) is 0 Å². The van der Waals surface area contributed by atoms with Crippen LogP contribution in [-0.2, 0) is 0 Å². The zero-order valence-corrected chi connectivity index (χ0v) is 12.1. The Bertz CT molecular complexity index is 285. The molecular weight excluding hydrogens is 238 g/mol. The van der Waals surface area contributed by atoms with Gasteiger partial charge in [0.05, 0.1) is 0 Å². The van der Waals surface area contributed by atoms with Crippen molar-refractivity contribution in [3.63, 3.8) is 0 Å². The maximum atomic E-state index is 9.25. The predicted octanol–water partition coefficient (Wildman–Crippen LogP) is 1.98. The van der Waals surface area contributed by atoms with Gasteiger partial charge < -0.3 is 15.7 Å². The van der Waals surface area contributed by atoms with Crippen molar-refractivity contribution < 1.29 is 5.11 Å². The van der Waals surface area contributed by atoms with Gasteiger partial charge >= 0.3 is 0 Å². The molecule has 0 radical (unpaired) electrons. The van der Waals surface area contributed by atoms with Crippen LogP contribution in [0, 0.1) is 11.8 Å². The van der Waals surface area contributed by atoms with Gasteiger partial charge in [-0.3, -0.25) is 4.99 Å². The lowest BCUT2D eigenvalue weighted by Crippen LogP contribution is -2.38. The number of aliphatic imine (C=N–C) groups is 1. The first-order valence-electron chi connectivity index (χ1n) is 7.95. The second kappa shape index (κ2) is 7.73. The summed E-state index contributed by atoms with van der Waals surface area (Å²) in [5.74, 6) is 1.86. The van der Waals surface area contributed by atoms with Gasteiger partial charge in [0, 0.05) is 26.2 Å². The molecule has 19 heavy (non-hydrogen) atoms. The molecule has 1 aliphatic carbocycles. The number of rotatable bonds is 3. The SMILES string of the molecule is NC(=NC[C@H]1CCC[C@@H](CO)C1)N1CCCCCC1. The summed E-state index contributed by atoms with van der Waals surface area (Å²) in [6, 6.07) is 0. The molecule has 110 valence electrons. The van der Waals surface area contributed by atoms with Crippen LogP contribution in [0.2, 0.25) is 0 Å². The molecule has 2 aliphatic rings. The lowest BCUT2D eigenvalue weighted by atomic mass is 9.82.